The van der Waals surface area contributed by atoms with Crippen LogP contribution in [0.2, 0.25) is 0 Å². The molecule has 0 fully saturated rings. The van der Waals surface area contributed by atoms with E-state index in [0.29, 0.717) is 10.2 Å². The second-order valence-electron chi connectivity index (χ2n) is 3.60. The normalized spacial score (nSPS) is 11.6. The van der Waals surface area contributed by atoms with Gasteiger partial charge in [-0.15, -0.1) is 0 Å². The Morgan fingerprint density at radius 1 is 1.32 bits per heavy atom. The predicted molar refractivity (Wildman–Crippen MR) is 75.4 cm³/mol. The SMILES string of the molecule is C/C=C(/Br)c1nc(C(=O)n2ccnc2)c(N)nc1N. The number of nitrogens with two attached hydrogens (primary N) is 2. The Bertz CT molecular complexity index is 649. The van der Waals surface area contributed by atoms with E-state index in [1.807, 2.05) is 0 Å². The van der Waals surface area contributed by atoms with Crippen LogP contribution in [-0.4, -0.2) is 25.4 Å². The highest BCUT2D eigenvalue weighted by atomic mass is 79.9. The van der Waals surface area contributed by atoms with Crippen molar-refractivity contribution < 1.29 is 4.79 Å². The van der Waals surface area contributed by atoms with Gasteiger partial charge in [0.25, 0.3) is 5.91 Å². The third-order valence-electron chi connectivity index (χ3n) is 2.37. The van der Waals surface area contributed by atoms with Crippen molar-refractivity contribution in [1.82, 2.24) is 19.5 Å². The van der Waals surface area contributed by atoms with Gasteiger partial charge in [0.05, 0.1) is 0 Å². The number of hydrogen-bond donors (Lipinski definition) is 2. The van der Waals surface area contributed by atoms with Crippen molar-refractivity contribution in [2.24, 2.45) is 0 Å². The molecule has 2 heterocycles. The number of hydrogen-bond acceptors (Lipinski definition) is 6. The summed E-state index contributed by atoms with van der Waals surface area (Å²) in [6, 6.07) is 0. The molecule has 0 aromatic carbocycles. The fraction of sp³-hybridized carbons (Fsp3) is 0.0909. The summed E-state index contributed by atoms with van der Waals surface area (Å²) >= 11 is 3.30. The molecule has 0 atom stereocenters. The smallest absolute Gasteiger partial charge is 0.285 e. The van der Waals surface area contributed by atoms with Crippen LogP contribution in [-0.2, 0) is 0 Å². The van der Waals surface area contributed by atoms with Gasteiger partial charge in [-0.25, -0.2) is 15.0 Å². The average molecular weight is 323 g/mol. The van der Waals surface area contributed by atoms with E-state index in [1.54, 1.807) is 13.0 Å². The maximum absolute atomic E-state index is 12.2. The number of halogens is 1. The zero-order valence-corrected chi connectivity index (χ0v) is 11.6. The number of carbonyl (C=O) groups excluding carboxylic acids is 1. The number of nitrogens with zero attached hydrogens (tertiary/aromatic N) is 4. The van der Waals surface area contributed by atoms with E-state index in [2.05, 4.69) is 30.9 Å². The van der Waals surface area contributed by atoms with Crippen molar-refractivity contribution in [3.8, 4) is 0 Å². The summed E-state index contributed by atoms with van der Waals surface area (Å²) in [5.41, 5.74) is 11.8. The second kappa shape index (κ2) is 5.19. The first-order valence-corrected chi connectivity index (χ1v) is 6.11. The number of carbonyl (C=O) groups is 1. The van der Waals surface area contributed by atoms with Crippen molar-refractivity contribution in [3.05, 3.63) is 36.2 Å². The van der Waals surface area contributed by atoms with Gasteiger partial charge in [-0.1, -0.05) is 6.08 Å². The maximum Gasteiger partial charge on any atom is 0.285 e. The maximum atomic E-state index is 12.2. The van der Waals surface area contributed by atoms with Gasteiger partial charge in [0, 0.05) is 16.9 Å². The molecule has 8 heteroatoms. The number of anilines is 2. The van der Waals surface area contributed by atoms with Gasteiger partial charge in [0.1, 0.15) is 12.0 Å². The Morgan fingerprint density at radius 2 is 2.00 bits per heavy atom. The Balaban J connectivity index is 2.55. The summed E-state index contributed by atoms with van der Waals surface area (Å²) in [6.45, 7) is 1.80. The molecule has 0 aliphatic heterocycles. The second-order valence-corrected chi connectivity index (χ2v) is 4.46. The monoisotopic (exact) mass is 322 g/mol. The number of nitrogen functional groups attached to an aromatic ring is 2. The standard InChI is InChI=1S/C11H11BrN6O/c1-2-6(12)7-9(13)17-10(14)8(16-7)11(19)18-4-3-15-5-18/h2-5H,1H3,(H4,13,14,17)/b6-2+. The molecule has 98 valence electrons. The van der Waals surface area contributed by atoms with E-state index in [-0.39, 0.29) is 17.3 Å². The van der Waals surface area contributed by atoms with Gasteiger partial charge < -0.3 is 11.5 Å². The van der Waals surface area contributed by atoms with E-state index in [0.717, 1.165) is 0 Å². The first-order valence-electron chi connectivity index (χ1n) is 5.32. The quantitative estimate of drug-likeness (QED) is 0.861. The van der Waals surface area contributed by atoms with Crippen LogP contribution in [0, 0.1) is 0 Å². The average Bonchev–Trinajstić information content (AvgIpc) is 2.91. The molecule has 2 aromatic heterocycles. The van der Waals surface area contributed by atoms with E-state index in [4.69, 9.17) is 11.5 Å². The first-order chi connectivity index (χ1) is 9.04. The number of rotatable bonds is 2. The Morgan fingerprint density at radius 3 is 2.58 bits per heavy atom. The van der Waals surface area contributed by atoms with Crippen LogP contribution in [0.25, 0.3) is 4.48 Å². The summed E-state index contributed by atoms with van der Waals surface area (Å²) in [6.07, 6.45) is 6.11. The van der Waals surface area contributed by atoms with Gasteiger partial charge in [0.15, 0.2) is 17.3 Å². The molecule has 0 saturated carbocycles. The van der Waals surface area contributed by atoms with Gasteiger partial charge in [-0.2, -0.15) is 0 Å². The first kappa shape index (κ1) is 13.2. The van der Waals surface area contributed by atoms with Crippen LogP contribution >= 0.6 is 15.9 Å². The molecule has 2 rings (SSSR count). The zero-order chi connectivity index (χ0) is 14.0. The molecule has 7 nitrogen and oxygen atoms in total. The van der Waals surface area contributed by atoms with E-state index in [9.17, 15) is 4.79 Å². The van der Waals surface area contributed by atoms with E-state index >= 15 is 0 Å². The minimum Gasteiger partial charge on any atom is -0.382 e. The van der Waals surface area contributed by atoms with Crippen LogP contribution < -0.4 is 11.5 Å². The Kier molecular flexibility index (Phi) is 3.61. The lowest BCUT2D eigenvalue weighted by molar-refractivity contribution is 0.0955. The molecule has 0 spiro atoms. The fourth-order valence-electron chi connectivity index (χ4n) is 1.43. The zero-order valence-electron chi connectivity index (χ0n) is 10.0. The molecule has 0 amide bonds. The lowest BCUT2D eigenvalue weighted by Crippen LogP contribution is -2.17. The minimum absolute atomic E-state index is 0.0173. The molecular formula is C11H11BrN6O. The largest absolute Gasteiger partial charge is 0.382 e. The molecule has 2 aromatic rings. The lowest BCUT2D eigenvalue weighted by Gasteiger charge is -2.08. The molecule has 4 N–H and O–H groups in total. The predicted octanol–water partition coefficient (Wildman–Crippen LogP) is 1.28. The van der Waals surface area contributed by atoms with E-state index < -0.39 is 5.91 Å². The number of allylic oxidation sites excluding steroid dienone is 1. The number of imidazole rings is 1. The highest BCUT2D eigenvalue weighted by molar-refractivity contribution is 9.15. The number of aromatic nitrogens is 4. The fourth-order valence-corrected chi connectivity index (χ4v) is 1.73. The molecule has 0 radical (unpaired) electrons. The molecule has 0 unspecified atom stereocenters. The van der Waals surface area contributed by atoms with Crippen LogP contribution in [0.1, 0.15) is 23.1 Å². The molecule has 0 aliphatic carbocycles. The summed E-state index contributed by atoms with van der Waals surface area (Å²) in [5.74, 6) is -0.277. The van der Waals surface area contributed by atoms with Gasteiger partial charge in [-0.3, -0.25) is 9.36 Å². The Hall–Kier alpha value is -2.22. The third-order valence-corrected chi connectivity index (χ3v) is 3.20. The van der Waals surface area contributed by atoms with Gasteiger partial charge >= 0.3 is 0 Å². The summed E-state index contributed by atoms with van der Waals surface area (Å²) in [5, 5.41) is 0. The summed E-state index contributed by atoms with van der Waals surface area (Å²) in [7, 11) is 0. The molecular weight excluding hydrogens is 312 g/mol. The Labute approximate surface area is 117 Å². The van der Waals surface area contributed by atoms with E-state index in [1.165, 1.54) is 23.3 Å². The minimum atomic E-state index is -0.417. The van der Waals surface area contributed by atoms with Crippen molar-refractivity contribution in [3.63, 3.8) is 0 Å². The molecule has 0 aliphatic rings. The van der Waals surface area contributed by atoms with Crippen molar-refractivity contribution in [2.75, 3.05) is 11.5 Å². The third kappa shape index (κ3) is 2.48. The van der Waals surface area contributed by atoms with Gasteiger partial charge in [-0.05, 0) is 22.9 Å². The van der Waals surface area contributed by atoms with Crippen molar-refractivity contribution in [2.45, 2.75) is 6.92 Å². The van der Waals surface area contributed by atoms with Crippen LogP contribution in [0.15, 0.2) is 24.8 Å². The molecule has 0 bridgehead atoms. The summed E-state index contributed by atoms with van der Waals surface area (Å²) in [4.78, 5) is 24.1. The van der Waals surface area contributed by atoms with Gasteiger partial charge in [0.2, 0.25) is 0 Å². The molecule has 0 saturated heterocycles. The van der Waals surface area contributed by atoms with Crippen LogP contribution in [0.3, 0.4) is 0 Å². The van der Waals surface area contributed by atoms with Crippen molar-refractivity contribution >= 4 is 38.0 Å². The summed E-state index contributed by atoms with van der Waals surface area (Å²) < 4.78 is 1.90. The van der Waals surface area contributed by atoms with Crippen LogP contribution in [0.5, 0.6) is 0 Å². The van der Waals surface area contributed by atoms with Crippen molar-refractivity contribution in [1.29, 1.82) is 0 Å². The topological polar surface area (TPSA) is 113 Å². The molecule has 19 heavy (non-hydrogen) atoms. The lowest BCUT2D eigenvalue weighted by atomic mass is 10.3. The highest BCUT2D eigenvalue weighted by Gasteiger charge is 2.18. The van der Waals surface area contributed by atoms with Crippen LogP contribution in [0.4, 0.5) is 11.6 Å². The highest BCUT2D eigenvalue weighted by Crippen LogP contribution is 2.25.